The van der Waals surface area contributed by atoms with Crippen LogP contribution in [0.2, 0.25) is 0 Å². The molecule has 0 bridgehead atoms. The van der Waals surface area contributed by atoms with E-state index in [1.807, 2.05) is 13.0 Å². The third-order valence-electron chi connectivity index (χ3n) is 7.07. The Morgan fingerprint density at radius 1 is 0.902 bits per heavy atom. The van der Waals surface area contributed by atoms with E-state index in [1.165, 1.54) is 35.4 Å². The van der Waals surface area contributed by atoms with Gasteiger partial charge in [0.1, 0.15) is 0 Å². The number of amides is 4. The number of para-hydroxylation sites is 1. The van der Waals surface area contributed by atoms with Gasteiger partial charge < -0.3 is 35.5 Å². The van der Waals surface area contributed by atoms with Crippen LogP contribution in [0.3, 0.4) is 0 Å². The van der Waals surface area contributed by atoms with Crippen LogP contribution in [0.5, 0.6) is 0 Å². The van der Waals surface area contributed by atoms with Crippen LogP contribution >= 0.6 is 0 Å². The normalized spacial score (nSPS) is 15.0. The number of piperazine rings is 1. The number of Topliss-reactive ketones (excluding diaryl/α,β-unsaturated/α-hetero) is 1. The summed E-state index contributed by atoms with van der Waals surface area (Å²) in [7, 11) is -1.61. The van der Waals surface area contributed by atoms with Gasteiger partial charge in [-0.3, -0.25) is 14.4 Å². The first-order valence-corrected chi connectivity index (χ1v) is 13.1. The lowest BCUT2D eigenvalue weighted by molar-refractivity contribution is -0.130. The Labute approximate surface area is 235 Å². The molecule has 1 aliphatic heterocycles. The highest BCUT2D eigenvalue weighted by atomic mass is 16.4. The van der Waals surface area contributed by atoms with Gasteiger partial charge in [0.2, 0.25) is 0 Å². The molecule has 208 valence electrons. The summed E-state index contributed by atoms with van der Waals surface area (Å²) in [5, 5.41) is 24.3. The lowest BCUT2D eigenvalue weighted by Crippen LogP contribution is -2.56. The summed E-state index contributed by atoms with van der Waals surface area (Å²) in [4.78, 5) is 58.2. The molecule has 4 amide bonds. The Morgan fingerprint density at radius 2 is 1.63 bits per heavy atom. The number of anilines is 2. The molecule has 1 atom stereocenters. The number of aromatic nitrogens is 1. The smallest absolute Gasteiger partial charge is 0.423 e. The maximum Gasteiger partial charge on any atom is 0.488 e. The fraction of sp³-hybridized carbons (Fsp3) is 0.172. The molecular formula is C29H28BN5O6. The number of carbonyl (C=O) groups excluding carboxylic acids is 4. The minimum atomic E-state index is -1.61. The fourth-order valence-corrected chi connectivity index (χ4v) is 4.92. The van der Waals surface area contributed by atoms with Gasteiger partial charge in [-0.05, 0) is 42.7 Å². The van der Waals surface area contributed by atoms with Gasteiger partial charge in [-0.2, -0.15) is 0 Å². The molecule has 1 aromatic heterocycles. The van der Waals surface area contributed by atoms with Gasteiger partial charge in [0.15, 0.2) is 0 Å². The van der Waals surface area contributed by atoms with Crippen molar-refractivity contribution >= 4 is 58.5 Å². The third kappa shape index (κ3) is 5.83. The molecule has 5 rings (SSSR count). The zero-order chi connectivity index (χ0) is 29.1. The van der Waals surface area contributed by atoms with E-state index in [2.05, 4.69) is 15.6 Å². The number of hydrogen-bond donors (Lipinski definition) is 5. The van der Waals surface area contributed by atoms with Crippen LogP contribution in [-0.4, -0.2) is 81.3 Å². The van der Waals surface area contributed by atoms with Crippen LogP contribution in [0.1, 0.15) is 27.6 Å². The van der Waals surface area contributed by atoms with Crippen molar-refractivity contribution < 1.29 is 29.2 Å². The summed E-state index contributed by atoms with van der Waals surface area (Å²) in [6.45, 7) is 2.67. The van der Waals surface area contributed by atoms with Gasteiger partial charge in [0.25, 0.3) is 17.6 Å². The first-order chi connectivity index (χ1) is 19.7. The molecule has 1 saturated heterocycles. The standard InChI is InChI=1S/C29H28BN5O6/c1-18-17-34(27(37)19-6-3-2-4-7-19)14-15-35(18)28(38)26(36)23-16-31-25-22(23)8-5-9-24(25)33-29(39)32-21-12-10-20(11-13-21)30(40)41/h2-13,16,18,31,40-41H,14-15,17H2,1H3,(H2,32,33,39). The molecule has 12 heteroatoms. The van der Waals surface area contributed by atoms with Gasteiger partial charge in [-0.15, -0.1) is 0 Å². The van der Waals surface area contributed by atoms with E-state index in [4.69, 9.17) is 0 Å². The number of ketones is 1. The maximum atomic E-state index is 13.3. The van der Waals surface area contributed by atoms with Crippen molar-refractivity contribution in [2.24, 2.45) is 0 Å². The van der Waals surface area contributed by atoms with Crippen LogP contribution < -0.4 is 16.1 Å². The van der Waals surface area contributed by atoms with E-state index in [9.17, 15) is 29.2 Å². The predicted octanol–water partition coefficient (Wildman–Crippen LogP) is 2.05. The average molecular weight is 553 g/mol. The highest BCUT2D eigenvalue weighted by Crippen LogP contribution is 2.27. The van der Waals surface area contributed by atoms with E-state index in [0.29, 0.717) is 40.9 Å². The van der Waals surface area contributed by atoms with Gasteiger partial charge in [0, 0.05) is 48.5 Å². The molecule has 1 fully saturated rings. The van der Waals surface area contributed by atoms with Crippen LogP contribution in [0.25, 0.3) is 10.9 Å². The Kier molecular flexibility index (Phi) is 7.86. The Hall–Kier alpha value is -4.94. The van der Waals surface area contributed by atoms with Gasteiger partial charge in [-0.1, -0.05) is 42.5 Å². The number of hydrogen-bond acceptors (Lipinski definition) is 6. The first kappa shape index (κ1) is 27.6. The number of benzene rings is 3. The summed E-state index contributed by atoms with van der Waals surface area (Å²) in [6.07, 6.45) is 1.45. The largest absolute Gasteiger partial charge is 0.488 e. The van der Waals surface area contributed by atoms with Crippen LogP contribution in [-0.2, 0) is 4.79 Å². The lowest BCUT2D eigenvalue weighted by Gasteiger charge is -2.39. The molecule has 41 heavy (non-hydrogen) atoms. The van der Waals surface area contributed by atoms with Crippen LogP contribution in [0, 0.1) is 0 Å². The molecule has 1 aliphatic rings. The molecule has 1 unspecified atom stereocenters. The van der Waals surface area contributed by atoms with Crippen molar-refractivity contribution in [1.29, 1.82) is 0 Å². The number of aromatic amines is 1. The van der Waals surface area contributed by atoms with E-state index < -0.39 is 24.8 Å². The second-order valence-corrected chi connectivity index (χ2v) is 9.80. The van der Waals surface area contributed by atoms with Crippen molar-refractivity contribution in [2.45, 2.75) is 13.0 Å². The molecule has 0 spiro atoms. The Bertz CT molecular complexity index is 1610. The summed E-state index contributed by atoms with van der Waals surface area (Å²) in [5.41, 5.74) is 2.36. The lowest BCUT2D eigenvalue weighted by atomic mass is 9.80. The van der Waals surface area contributed by atoms with Crippen molar-refractivity contribution in [2.75, 3.05) is 30.3 Å². The molecule has 3 aromatic carbocycles. The molecule has 0 aliphatic carbocycles. The van der Waals surface area contributed by atoms with Gasteiger partial charge >= 0.3 is 13.1 Å². The van der Waals surface area contributed by atoms with E-state index in [0.717, 1.165) is 0 Å². The summed E-state index contributed by atoms with van der Waals surface area (Å²) >= 11 is 0. The molecule has 11 nitrogen and oxygen atoms in total. The monoisotopic (exact) mass is 553 g/mol. The average Bonchev–Trinajstić information content (AvgIpc) is 3.42. The zero-order valence-electron chi connectivity index (χ0n) is 22.2. The van der Waals surface area contributed by atoms with E-state index >= 15 is 0 Å². The summed E-state index contributed by atoms with van der Waals surface area (Å²) in [5.74, 6) is -1.45. The highest BCUT2D eigenvalue weighted by molar-refractivity contribution is 6.58. The minimum absolute atomic E-state index is 0.113. The number of rotatable bonds is 6. The second-order valence-electron chi connectivity index (χ2n) is 9.80. The van der Waals surface area contributed by atoms with Crippen LogP contribution in [0.15, 0.2) is 79.0 Å². The molecule has 0 saturated carbocycles. The second kappa shape index (κ2) is 11.7. The fourth-order valence-electron chi connectivity index (χ4n) is 4.92. The van der Waals surface area contributed by atoms with Crippen molar-refractivity contribution in [1.82, 2.24) is 14.8 Å². The zero-order valence-corrected chi connectivity index (χ0v) is 22.2. The summed E-state index contributed by atoms with van der Waals surface area (Å²) < 4.78 is 0. The van der Waals surface area contributed by atoms with Crippen molar-refractivity contribution in [3.05, 3.63) is 90.1 Å². The Balaban J connectivity index is 1.26. The summed E-state index contributed by atoms with van der Waals surface area (Å²) in [6, 6.07) is 19.1. The number of nitrogens with zero attached hydrogens (tertiary/aromatic N) is 2. The van der Waals surface area contributed by atoms with Gasteiger partial charge in [-0.25, -0.2) is 4.79 Å². The molecule has 0 radical (unpaired) electrons. The SMILES string of the molecule is CC1CN(C(=O)c2ccccc2)CCN1C(=O)C(=O)c1c[nH]c2c(NC(=O)Nc3ccc(B(O)O)cc3)cccc12. The molecule has 4 aromatic rings. The maximum absolute atomic E-state index is 13.3. The number of carbonyl (C=O) groups is 4. The quantitative estimate of drug-likeness (QED) is 0.140. The molecule has 5 N–H and O–H groups in total. The molecular weight excluding hydrogens is 525 g/mol. The number of nitrogens with one attached hydrogen (secondary N) is 3. The highest BCUT2D eigenvalue weighted by Gasteiger charge is 2.34. The number of fused-ring (bicyclic) bond motifs is 1. The van der Waals surface area contributed by atoms with Gasteiger partial charge in [0.05, 0.1) is 16.8 Å². The van der Waals surface area contributed by atoms with E-state index in [-0.39, 0.29) is 29.5 Å². The number of H-pyrrole nitrogens is 1. The van der Waals surface area contributed by atoms with Crippen LogP contribution in [0.4, 0.5) is 16.2 Å². The minimum Gasteiger partial charge on any atom is -0.423 e. The topological polar surface area (TPSA) is 155 Å². The predicted molar refractivity (Wildman–Crippen MR) is 155 cm³/mol. The Morgan fingerprint density at radius 3 is 2.32 bits per heavy atom. The van der Waals surface area contributed by atoms with Crippen molar-refractivity contribution in [3.63, 3.8) is 0 Å². The first-order valence-electron chi connectivity index (χ1n) is 13.1. The van der Waals surface area contributed by atoms with E-state index in [1.54, 1.807) is 47.4 Å². The third-order valence-corrected chi connectivity index (χ3v) is 7.07. The number of urea groups is 1. The molecule has 2 heterocycles. The van der Waals surface area contributed by atoms with Crippen molar-refractivity contribution in [3.8, 4) is 0 Å².